The average Bonchev–Trinajstić information content (AvgIpc) is 3.44. The number of anilines is 1. The molecule has 0 bridgehead atoms. The minimum atomic E-state index is -5.69. The first-order valence-corrected chi connectivity index (χ1v) is 26.4. The first-order valence-electron chi connectivity index (χ1n) is 23.1. The molecule has 1 aromatic heterocycles. The van der Waals surface area contributed by atoms with Gasteiger partial charge in [0.25, 0.3) is 15.7 Å². The standard InChI is InChI=1S/C53H63F4N7O3S3/c1-7-8-15-39(50-49(52(65)58-3)38(2)62(6)51(50)40-16-12-18-41(54)19-13-17-40)28-31-63-32-34-64(35-33-63)44-21-14-20-42(24-25-44)60-69-46-26-27-47(48(36-46)70(66,67)53(55,56)57)59-43(29-30-61(4)5)37-68-45-22-10-9-11-23-45/h7-16,18-28,31,36,41-43,59-60H,17,29-30,32-35,37H2,1-6H3,(H,58,65)/b8-7-,18-12?,19-13-,31-28+,39-15+,40-16+/t41?,42?,43-/m1/s1. The van der Waals surface area contributed by atoms with E-state index in [1.54, 1.807) is 31.0 Å². The highest BCUT2D eigenvalue weighted by Crippen LogP contribution is 2.39. The van der Waals surface area contributed by atoms with Gasteiger partial charge in [-0.05, 0) is 131 Å². The molecule has 374 valence electrons. The molecule has 2 unspecified atom stereocenters. The molecule has 10 nitrogen and oxygen atoms in total. The number of allylic oxidation sites excluding steroid dienone is 14. The number of carbonyl (C=O) groups is 1. The van der Waals surface area contributed by atoms with Crippen LogP contribution in [0.2, 0.25) is 0 Å². The summed E-state index contributed by atoms with van der Waals surface area (Å²) in [6.07, 6.45) is 28.3. The average molecular weight is 1020 g/mol. The predicted octanol–water partition coefficient (Wildman–Crippen LogP) is 10.5. The fraction of sp³-hybridized carbons (Fsp3) is 0.340. The number of aromatic nitrogens is 1. The smallest absolute Gasteiger partial charge is 0.380 e. The van der Waals surface area contributed by atoms with Gasteiger partial charge in [0.2, 0.25) is 0 Å². The quantitative estimate of drug-likeness (QED) is 0.0354. The van der Waals surface area contributed by atoms with E-state index in [-0.39, 0.29) is 23.7 Å². The van der Waals surface area contributed by atoms with Crippen LogP contribution in [0.4, 0.5) is 23.2 Å². The van der Waals surface area contributed by atoms with Crippen LogP contribution in [0.25, 0.3) is 11.1 Å². The number of amides is 1. The SMILES string of the molecule is C\C=C/C=C(\C=C\N1CCN(C2=CC=CC(NSc3ccc(N[C@H](CCN(C)C)CSc4ccccc4)c(S(=O)(=O)C(F)(F)F)c3)C=C2)CC1)c1c(C(=O)NC)c(C)n(C)c1/C1=C/C=CC(F)/C=C\C1. The van der Waals surface area contributed by atoms with Crippen LogP contribution in [-0.2, 0) is 16.9 Å². The summed E-state index contributed by atoms with van der Waals surface area (Å²) in [5.41, 5.74) is 0.316. The van der Waals surface area contributed by atoms with Gasteiger partial charge in [0.05, 0.1) is 23.0 Å². The largest absolute Gasteiger partial charge is 0.501 e. The van der Waals surface area contributed by atoms with Crippen molar-refractivity contribution in [1.82, 2.24) is 29.3 Å². The third-order valence-corrected chi connectivity index (χ3v) is 15.6. The lowest BCUT2D eigenvalue weighted by Gasteiger charge is -2.36. The third kappa shape index (κ3) is 14.1. The Balaban J connectivity index is 1.12. The van der Waals surface area contributed by atoms with E-state index in [4.69, 9.17) is 0 Å². The number of alkyl halides is 4. The summed E-state index contributed by atoms with van der Waals surface area (Å²) in [7, 11) is 1.70. The molecule has 1 aliphatic heterocycles. The summed E-state index contributed by atoms with van der Waals surface area (Å²) >= 11 is 2.61. The fourth-order valence-electron chi connectivity index (χ4n) is 8.11. The van der Waals surface area contributed by atoms with Crippen LogP contribution in [-0.4, -0.2) is 117 Å². The summed E-state index contributed by atoms with van der Waals surface area (Å²) in [5.74, 6) is 0.319. The molecule has 1 amide bonds. The second kappa shape index (κ2) is 25.1. The first kappa shape index (κ1) is 53.9. The van der Waals surface area contributed by atoms with Crippen LogP contribution >= 0.6 is 23.7 Å². The Bertz CT molecular complexity index is 2690. The molecule has 70 heavy (non-hydrogen) atoms. The van der Waals surface area contributed by atoms with Crippen LogP contribution in [0.3, 0.4) is 0 Å². The molecule has 2 aromatic carbocycles. The maximum atomic E-state index is 14.1. The molecule has 3 aromatic rings. The molecule has 0 radical (unpaired) electrons. The summed E-state index contributed by atoms with van der Waals surface area (Å²) in [6.45, 7) is 7.43. The van der Waals surface area contributed by atoms with Crippen molar-refractivity contribution >= 4 is 56.3 Å². The predicted molar refractivity (Wildman–Crippen MR) is 281 cm³/mol. The summed E-state index contributed by atoms with van der Waals surface area (Å²) in [5, 5.41) is 5.98. The Labute approximate surface area is 419 Å². The van der Waals surface area contributed by atoms with Gasteiger partial charge in [0.15, 0.2) is 0 Å². The van der Waals surface area contributed by atoms with Gasteiger partial charge in [-0.1, -0.05) is 79.0 Å². The highest BCUT2D eigenvalue weighted by atomic mass is 32.2. The number of sulfone groups is 1. The van der Waals surface area contributed by atoms with Crippen molar-refractivity contribution in [1.29, 1.82) is 0 Å². The normalized spacial score (nSPS) is 19.8. The number of hydrogen-bond donors (Lipinski definition) is 3. The summed E-state index contributed by atoms with van der Waals surface area (Å²) in [4.78, 5) is 20.5. The number of halogens is 4. The molecule has 2 aliphatic carbocycles. The maximum Gasteiger partial charge on any atom is 0.501 e. The van der Waals surface area contributed by atoms with E-state index >= 15 is 0 Å². The minimum absolute atomic E-state index is 0.0906. The van der Waals surface area contributed by atoms with E-state index in [0.717, 1.165) is 82.9 Å². The zero-order valence-electron chi connectivity index (χ0n) is 40.4. The van der Waals surface area contributed by atoms with E-state index in [1.165, 1.54) is 18.2 Å². The molecule has 17 heteroatoms. The van der Waals surface area contributed by atoms with E-state index in [9.17, 15) is 30.8 Å². The zero-order valence-corrected chi connectivity index (χ0v) is 42.9. The molecule has 3 N–H and O–H groups in total. The van der Waals surface area contributed by atoms with Gasteiger partial charge in [-0.2, -0.15) is 13.2 Å². The fourth-order valence-corrected chi connectivity index (χ4v) is 10.9. The number of benzene rings is 2. The van der Waals surface area contributed by atoms with Gasteiger partial charge >= 0.3 is 5.51 Å². The number of rotatable bonds is 19. The van der Waals surface area contributed by atoms with Gasteiger partial charge < -0.3 is 29.9 Å². The lowest BCUT2D eigenvalue weighted by Crippen LogP contribution is -2.43. The van der Waals surface area contributed by atoms with E-state index < -0.39 is 26.4 Å². The van der Waals surface area contributed by atoms with Crippen molar-refractivity contribution in [3.05, 3.63) is 168 Å². The number of carbonyl (C=O) groups excluding carboxylic acids is 1. The van der Waals surface area contributed by atoms with Gasteiger partial charge in [0.1, 0.15) is 11.1 Å². The Hall–Kier alpha value is -5.46. The highest BCUT2D eigenvalue weighted by molar-refractivity contribution is 7.99. The molecule has 1 saturated heterocycles. The Kier molecular flexibility index (Phi) is 19.3. The Morgan fingerprint density at radius 1 is 0.971 bits per heavy atom. The third-order valence-electron chi connectivity index (χ3n) is 12.0. The molecule has 3 aliphatic rings. The lowest BCUT2D eigenvalue weighted by molar-refractivity contribution is -0.0435. The molecule has 0 saturated carbocycles. The van der Waals surface area contributed by atoms with Gasteiger partial charge in [0, 0.05) is 78.8 Å². The number of hydrogen-bond acceptors (Lipinski definition) is 10. The molecule has 6 rings (SSSR count). The molecular formula is C53H63F4N7O3S3. The Morgan fingerprint density at radius 3 is 2.41 bits per heavy atom. The topological polar surface area (TPSA) is 102 Å². The Morgan fingerprint density at radius 2 is 1.71 bits per heavy atom. The van der Waals surface area contributed by atoms with E-state index in [1.807, 2.05) is 136 Å². The maximum absolute atomic E-state index is 14.1. The van der Waals surface area contributed by atoms with E-state index in [2.05, 4.69) is 37.4 Å². The van der Waals surface area contributed by atoms with Crippen LogP contribution in [0.5, 0.6) is 0 Å². The number of thioether (sulfide) groups is 1. The van der Waals surface area contributed by atoms with Crippen molar-refractivity contribution in [3.8, 4) is 0 Å². The molecule has 3 atom stereocenters. The number of nitrogens with one attached hydrogen (secondary N) is 3. The van der Waals surface area contributed by atoms with Crippen LogP contribution in [0.15, 0.2) is 160 Å². The van der Waals surface area contributed by atoms with Crippen molar-refractivity contribution < 1.29 is 30.8 Å². The van der Waals surface area contributed by atoms with Crippen molar-refractivity contribution in [3.63, 3.8) is 0 Å². The summed E-state index contributed by atoms with van der Waals surface area (Å²) < 4.78 is 88.0. The minimum Gasteiger partial charge on any atom is -0.380 e. The van der Waals surface area contributed by atoms with E-state index in [0.29, 0.717) is 35.6 Å². The van der Waals surface area contributed by atoms with Crippen molar-refractivity contribution in [2.24, 2.45) is 7.05 Å². The van der Waals surface area contributed by atoms with Crippen LogP contribution in [0, 0.1) is 6.92 Å². The van der Waals surface area contributed by atoms with Crippen LogP contribution in [0.1, 0.15) is 47.1 Å². The molecular weight excluding hydrogens is 955 g/mol. The molecule has 0 spiro atoms. The second-order valence-corrected chi connectivity index (χ2v) is 21.1. The number of nitrogens with zero attached hydrogens (tertiary/aromatic N) is 4. The lowest BCUT2D eigenvalue weighted by atomic mass is 9.93. The molecule has 1 fully saturated rings. The van der Waals surface area contributed by atoms with Crippen LogP contribution < -0.4 is 15.4 Å². The first-order chi connectivity index (χ1) is 33.5. The second-order valence-electron chi connectivity index (χ2n) is 17.2. The molecule has 2 heterocycles. The number of piperazine rings is 1. The summed E-state index contributed by atoms with van der Waals surface area (Å²) in [6, 6.07) is 13.2. The van der Waals surface area contributed by atoms with Gasteiger partial charge in [-0.3, -0.25) is 4.79 Å². The highest BCUT2D eigenvalue weighted by Gasteiger charge is 2.48. The van der Waals surface area contributed by atoms with Crippen molar-refractivity contribution in [2.45, 2.75) is 65.1 Å². The van der Waals surface area contributed by atoms with Crippen molar-refractivity contribution in [2.75, 3.05) is 64.9 Å². The van der Waals surface area contributed by atoms with Gasteiger partial charge in [-0.15, -0.1) is 11.8 Å². The monoisotopic (exact) mass is 1020 g/mol. The zero-order chi connectivity index (χ0) is 50.4. The van der Waals surface area contributed by atoms with Gasteiger partial charge in [-0.25, -0.2) is 17.5 Å².